The molecule has 2 aromatic rings. The Kier molecular flexibility index (Phi) is 3.14. The molecule has 0 aromatic carbocycles. The lowest BCUT2D eigenvalue weighted by atomic mass is 10.2. The smallest absolute Gasteiger partial charge is 0.0507 e. The van der Waals surface area contributed by atoms with Gasteiger partial charge in [-0.1, -0.05) is 0 Å². The third-order valence-electron chi connectivity index (χ3n) is 2.00. The van der Waals surface area contributed by atoms with Gasteiger partial charge in [0.05, 0.1) is 5.69 Å². The summed E-state index contributed by atoms with van der Waals surface area (Å²) in [4.78, 5) is 4.04. The lowest BCUT2D eigenvalue weighted by Gasteiger charge is -2.02. The number of anilines is 1. The van der Waals surface area contributed by atoms with E-state index in [9.17, 15) is 0 Å². The fourth-order valence-electron chi connectivity index (χ4n) is 1.36. The molecule has 0 unspecified atom stereocenters. The van der Waals surface area contributed by atoms with Crippen molar-refractivity contribution in [3.63, 3.8) is 0 Å². The molecule has 0 saturated heterocycles. The molecule has 0 amide bonds. The zero-order valence-corrected chi connectivity index (χ0v) is 8.66. The molecule has 3 nitrogen and oxygen atoms in total. The number of nitrogen functional groups attached to an aromatic ring is 1. The Morgan fingerprint density at radius 2 is 2.14 bits per heavy atom. The summed E-state index contributed by atoms with van der Waals surface area (Å²) in [5.74, 6) is 0. The highest BCUT2D eigenvalue weighted by atomic mass is 35.5. The summed E-state index contributed by atoms with van der Waals surface area (Å²) in [6, 6.07) is 5.96. The second-order valence-electron chi connectivity index (χ2n) is 3.01. The van der Waals surface area contributed by atoms with Gasteiger partial charge in [-0.25, -0.2) is 0 Å². The van der Waals surface area contributed by atoms with Crippen LogP contribution in [0.4, 0.5) is 5.69 Å². The van der Waals surface area contributed by atoms with Crippen molar-refractivity contribution in [1.29, 1.82) is 0 Å². The maximum atomic E-state index is 5.64. The molecule has 0 spiro atoms. The van der Waals surface area contributed by atoms with E-state index in [0.717, 1.165) is 11.3 Å². The molecule has 0 saturated carbocycles. The van der Waals surface area contributed by atoms with Crippen LogP contribution < -0.4 is 5.73 Å². The Bertz CT molecular complexity index is 423. The average Bonchev–Trinajstić information content (AvgIpc) is 2.51. The normalized spacial score (nSPS) is 9.50. The summed E-state index contributed by atoms with van der Waals surface area (Å²) in [6.45, 7) is 0. The van der Waals surface area contributed by atoms with E-state index in [1.165, 1.54) is 0 Å². The van der Waals surface area contributed by atoms with Gasteiger partial charge >= 0.3 is 0 Å². The van der Waals surface area contributed by atoms with E-state index in [-0.39, 0.29) is 12.4 Å². The number of aryl methyl sites for hydroxylation is 1. The van der Waals surface area contributed by atoms with Crippen LogP contribution >= 0.6 is 12.4 Å². The Balaban J connectivity index is 0.000000980. The Morgan fingerprint density at radius 1 is 1.36 bits per heavy atom. The van der Waals surface area contributed by atoms with Crippen LogP contribution in [0.3, 0.4) is 0 Å². The summed E-state index contributed by atoms with van der Waals surface area (Å²) in [6.07, 6.45) is 5.46. The van der Waals surface area contributed by atoms with Crippen molar-refractivity contribution in [3.8, 4) is 11.3 Å². The number of nitrogens with two attached hydrogens (primary N) is 1. The minimum absolute atomic E-state index is 0. The standard InChI is InChI=1S/C10H11N3.ClH/c1-13-4-2-3-10(13)8-5-9(11)7-12-6-8;/h2-7H,11H2,1H3;1H. The number of nitrogens with zero attached hydrogens (tertiary/aromatic N) is 2. The summed E-state index contributed by atoms with van der Waals surface area (Å²) in [5.41, 5.74) is 8.51. The van der Waals surface area contributed by atoms with Crippen LogP contribution in [0.1, 0.15) is 0 Å². The molecular formula is C10H12ClN3. The minimum Gasteiger partial charge on any atom is -0.397 e. The monoisotopic (exact) mass is 209 g/mol. The molecule has 2 heterocycles. The van der Waals surface area contributed by atoms with Gasteiger partial charge in [0, 0.05) is 36.9 Å². The van der Waals surface area contributed by atoms with Crippen molar-refractivity contribution in [2.75, 3.05) is 5.73 Å². The lowest BCUT2D eigenvalue weighted by molar-refractivity contribution is 0.936. The van der Waals surface area contributed by atoms with E-state index in [1.807, 2.05) is 42.2 Å². The molecule has 0 aliphatic carbocycles. The first kappa shape index (κ1) is 10.6. The van der Waals surface area contributed by atoms with E-state index in [0.29, 0.717) is 5.69 Å². The van der Waals surface area contributed by atoms with Crippen molar-refractivity contribution in [2.24, 2.45) is 7.05 Å². The van der Waals surface area contributed by atoms with Gasteiger partial charge in [0.1, 0.15) is 0 Å². The SMILES string of the molecule is Cl.Cn1cccc1-c1cncc(N)c1. The Hall–Kier alpha value is -1.48. The Labute approximate surface area is 89.0 Å². The summed E-state index contributed by atoms with van der Waals surface area (Å²) in [7, 11) is 2.00. The molecule has 0 atom stereocenters. The zero-order chi connectivity index (χ0) is 9.26. The van der Waals surface area contributed by atoms with Crippen molar-refractivity contribution in [3.05, 3.63) is 36.8 Å². The molecule has 2 N–H and O–H groups in total. The molecule has 0 bridgehead atoms. The Morgan fingerprint density at radius 3 is 2.71 bits per heavy atom. The molecule has 2 rings (SSSR count). The molecule has 0 fully saturated rings. The first-order chi connectivity index (χ1) is 6.27. The second-order valence-corrected chi connectivity index (χ2v) is 3.01. The number of aromatic nitrogens is 2. The number of halogens is 1. The maximum absolute atomic E-state index is 5.64. The molecule has 74 valence electrons. The third kappa shape index (κ3) is 1.88. The van der Waals surface area contributed by atoms with Gasteiger partial charge in [-0.15, -0.1) is 12.4 Å². The van der Waals surface area contributed by atoms with Gasteiger partial charge in [0.15, 0.2) is 0 Å². The molecule has 0 radical (unpaired) electrons. The molecular weight excluding hydrogens is 198 g/mol. The molecule has 2 aromatic heterocycles. The van der Waals surface area contributed by atoms with Crippen LogP contribution in [-0.4, -0.2) is 9.55 Å². The van der Waals surface area contributed by atoms with Crippen LogP contribution in [-0.2, 0) is 7.05 Å². The van der Waals surface area contributed by atoms with Gasteiger partial charge in [-0.2, -0.15) is 0 Å². The van der Waals surface area contributed by atoms with Crippen molar-refractivity contribution in [2.45, 2.75) is 0 Å². The van der Waals surface area contributed by atoms with E-state index in [2.05, 4.69) is 4.98 Å². The summed E-state index contributed by atoms with van der Waals surface area (Å²) < 4.78 is 2.04. The van der Waals surface area contributed by atoms with Crippen LogP contribution in [0.25, 0.3) is 11.3 Å². The largest absolute Gasteiger partial charge is 0.397 e. The van der Waals surface area contributed by atoms with E-state index < -0.39 is 0 Å². The van der Waals surface area contributed by atoms with E-state index >= 15 is 0 Å². The summed E-state index contributed by atoms with van der Waals surface area (Å²) in [5, 5.41) is 0. The van der Waals surface area contributed by atoms with Crippen molar-refractivity contribution < 1.29 is 0 Å². The van der Waals surface area contributed by atoms with Gasteiger partial charge < -0.3 is 10.3 Å². The number of hydrogen-bond acceptors (Lipinski definition) is 2. The van der Waals surface area contributed by atoms with Crippen LogP contribution in [0.5, 0.6) is 0 Å². The predicted octanol–water partition coefficient (Wildman–Crippen LogP) is 2.09. The van der Waals surface area contributed by atoms with Crippen LogP contribution in [0.2, 0.25) is 0 Å². The average molecular weight is 210 g/mol. The maximum Gasteiger partial charge on any atom is 0.0507 e. The van der Waals surface area contributed by atoms with Gasteiger partial charge in [0.25, 0.3) is 0 Å². The highest BCUT2D eigenvalue weighted by Crippen LogP contribution is 2.19. The van der Waals surface area contributed by atoms with Crippen molar-refractivity contribution in [1.82, 2.24) is 9.55 Å². The second kappa shape index (κ2) is 4.15. The highest BCUT2D eigenvalue weighted by Gasteiger charge is 2.00. The predicted molar refractivity (Wildman–Crippen MR) is 60.3 cm³/mol. The van der Waals surface area contributed by atoms with Crippen LogP contribution in [0.15, 0.2) is 36.8 Å². The van der Waals surface area contributed by atoms with Crippen molar-refractivity contribution >= 4 is 18.1 Å². The fraction of sp³-hybridized carbons (Fsp3) is 0.100. The number of pyridine rings is 1. The van der Waals surface area contributed by atoms with E-state index in [1.54, 1.807) is 6.20 Å². The summed E-state index contributed by atoms with van der Waals surface area (Å²) >= 11 is 0. The molecule has 14 heavy (non-hydrogen) atoms. The first-order valence-corrected chi connectivity index (χ1v) is 4.09. The molecule has 0 aliphatic heterocycles. The fourth-order valence-corrected chi connectivity index (χ4v) is 1.36. The first-order valence-electron chi connectivity index (χ1n) is 4.09. The van der Waals surface area contributed by atoms with Crippen LogP contribution in [0, 0.1) is 0 Å². The lowest BCUT2D eigenvalue weighted by Crippen LogP contribution is -1.92. The number of rotatable bonds is 1. The van der Waals surface area contributed by atoms with Gasteiger partial charge in [0.2, 0.25) is 0 Å². The van der Waals surface area contributed by atoms with Gasteiger partial charge in [-0.05, 0) is 18.2 Å². The van der Waals surface area contributed by atoms with E-state index in [4.69, 9.17) is 5.73 Å². The highest BCUT2D eigenvalue weighted by molar-refractivity contribution is 5.85. The molecule has 0 aliphatic rings. The third-order valence-corrected chi connectivity index (χ3v) is 2.00. The molecule has 4 heteroatoms. The van der Waals surface area contributed by atoms with Gasteiger partial charge in [-0.3, -0.25) is 4.98 Å². The number of hydrogen-bond donors (Lipinski definition) is 1. The minimum atomic E-state index is 0. The topological polar surface area (TPSA) is 43.8 Å². The zero-order valence-electron chi connectivity index (χ0n) is 7.84. The quantitative estimate of drug-likeness (QED) is 0.782.